The summed E-state index contributed by atoms with van der Waals surface area (Å²) < 4.78 is 41.0. The van der Waals surface area contributed by atoms with Crippen molar-refractivity contribution < 1.29 is 47.2 Å². The van der Waals surface area contributed by atoms with Crippen molar-refractivity contribution in [2.75, 3.05) is 39.7 Å². The van der Waals surface area contributed by atoms with Crippen molar-refractivity contribution in [2.24, 2.45) is 0 Å². The van der Waals surface area contributed by atoms with Gasteiger partial charge in [-0.2, -0.15) is 0 Å². The summed E-state index contributed by atoms with van der Waals surface area (Å²) in [6.45, 7) is 3.87. The second-order valence-corrected chi connectivity index (χ2v) is 13.8. The lowest BCUT2D eigenvalue weighted by molar-refractivity contribution is -0.142. The number of sulfone groups is 1. The highest BCUT2D eigenvalue weighted by Crippen LogP contribution is 2.38. The molecule has 0 spiro atoms. The first kappa shape index (κ1) is 33.7. The van der Waals surface area contributed by atoms with Crippen LogP contribution in [0.5, 0.6) is 11.5 Å². The molecule has 0 aromatic heterocycles. The Morgan fingerprint density at radius 3 is 2.16 bits per heavy atom. The third-order valence-corrected chi connectivity index (χ3v) is 9.62. The van der Waals surface area contributed by atoms with Gasteiger partial charge in [-0.15, -0.1) is 0 Å². The van der Waals surface area contributed by atoms with Gasteiger partial charge in [-0.3, -0.25) is 4.79 Å². The molecule has 0 bridgehead atoms. The number of amides is 2. The number of carbonyl (C=O) groups excluding carboxylic acids is 2. The summed E-state index contributed by atoms with van der Waals surface area (Å²) in [6, 6.07) is 10.8. The Bertz CT molecular complexity index is 1400. The van der Waals surface area contributed by atoms with E-state index in [4.69, 9.17) is 14.2 Å². The number of hydrogen-bond acceptors (Lipinski definition) is 9. The van der Waals surface area contributed by atoms with Crippen LogP contribution in [0.4, 0.5) is 4.79 Å². The van der Waals surface area contributed by atoms with Gasteiger partial charge in [0.1, 0.15) is 23.1 Å². The van der Waals surface area contributed by atoms with E-state index < -0.39 is 63.1 Å². The Hall–Kier alpha value is -3.84. The molecular formula is C30H40N2O10S. The van der Waals surface area contributed by atoms with Gasteiger partial charge < -0.3 is 34.6 Å². The number of aliphatic hydroxyl groups is 1. The first-order chi connectivity index (χ1) is 20.2. The van der Waals surface area contributed by atoms with Gasteiger partial charge in [0.15, 0.2) is 14.6 Å². The average molecular weight is 621 g/mol. The predicted molar refractivity (Wildman–Crippen MR) is 159 cm³/mol. The van der Waals surface area contributed by atoms with Gasteiger partial charge in [0.25, 0.3) is 0 Å². The van der Waals surface area contributed by atoms with E-state index >= 15 is 0 Å². The maximum Gasteiger partial charge on any atom is 0.410 e. The predicted octanol–water partition coefficient (Wildman–Crippen LogP) is 2.66. The van der Waals surface area contributed by atoms with Crippen LogP contribution in [0, 0.1) is 0 Å². The standard InChI is InChI=1S/C30H40N2O10S/c1-29(2,3)42-28(37)32-15-7-14-30(19-32,43(38,39)17-16-33)27(36)31-22(26(34)35)18-20-10-12-21(13-11-20)25-23(40-4)8-6-9-24(25)41-5/h6,8-13,22,33H,7,14-19H2,1-5H3,(H,31,36)(H,34,35)/t22-,30?/m0/s1. The lowest BCUT2D eigenvalue weighted by Crippen LogP contribution is -2.64. The van der Waals surface area contributed by atoms with Crippen LogP contribution in [0.3, 0.4) is 0 Å². The zero-order chi connectivity index (χ0) is 32.0. The number of carboxylic acids is 1. The Morgan fingerprint density at radius 1 is 1.05 bits per heavy atom. The number of carboxylic acid groups (broad SMARTS) is 1. The highest BCUT2D eigenvalue weighted by molar-refractivity contribution is 7.93. The average Bonchev–Trinajstić information content (AvgIpc) is 2.95. The Morgan fingerprint density at radius 2 is 1.65 bits per heavy atom. The molecule has 12 nitrogen and oxygen atoms in total. The smallest absolute Gasteiger partial charge is 0.410 e. The quantitative estimate of drug-likeness (QED) is 0.340. The molecular weight excluding hydrogens is 580 g/mol. The van der Waals surface area contributed by atoms with Crippen molar-refractivity contribution in [1.82, 2.24) is 10.2 Å². The van der Waals surface area contributed by atoms with Crippen LogP contribution in [0.1, 0.15) is 39.2 Å². The van der Waals surface area contributed by atoms with Gasteiger partial charge in [-0.05, 0) is 56.9 Å². The Kier molecular flexibility index (Phi) is 10.7. The summed E-state index contributed by atoms with van der Waals surface area (Å²) in [4.78, 5) is 40.0. The number of hydrogen-bond donors (Lipinski definition) is 3. The summed E-state index contributed by atoms with van der Waals surface area (Å²) in [6.07, 6.45) is -0.924. The van der Waals surface area contributed by atoms with Crippen molar-refractivity contribution in [2.45, 2.75) is 56.4 Å². The summed E-state index contributed by atoms with van der Waals surface area (Å²) in [5.74, 6) is -1.96. The molecule has 1 aliphatic rings. The Balaban J connectivity index is 1.88. The van der Waals surface area contributed by atoms with Gasteiger partial charge in [-0.25, -0.2) is 18.0 Å². The number of rotatable bonds is 11. The summed E-state index contributed by atoms with van der Waals surface area (Å²) in [7, 11) is -1.24. The van der Waals surface area contributed by atoms with E-state index in [1.54, 1.807) is 77.5 Å². The highest BCUT2D eigenvalue weighted by atomic mass is 32.2. The van der Waals surface area contributed by atoms with Crippen LogP contribution >= 0.6 is 0 Å². The number of piperidine rings is 1. The number of ether oxygens (including phenoxy) is 3. The molecule has 0 saturated carbocycles. The summed E-state index contributed by atoms with van der Waals surface area (Å²) in [5, 5.41) is 21.9. The van der Waals surface area contributed by atoms with E-state index in [9.17, 15) is 33.0 Å². The second-order valence-electron chi connectivity index (χ2n) is 11.3. The molecule has 2 atom stereocenters. The zero-order valence-electron chi connectivity index (χ0n) is 25.1. The van der Waals surface area contributed by atoms with E-state index in [1.807, 2.05) is 0 Å². The van der Waals surface area contributed by atoms with Crippen LogP contribution < -0.4 is 14.8 Å². The molecule has 43 heavy (non-hydrogen) atoms. The molecule has 2 aromatic rings. The van der Waals surface area contributed by atoms with Crippen molar-refractivity contribution in [3.05, 3.63) is 48.0 Å². The number of nitrogens with one attached hydrogen (secondary N) is 1. The highest BCUT2D eigenvalue weighted by Gasteiger charge is 2.54. The number of benzene rings is 2. The van der Waals surface area contributed by atoms with Crippen LogP contribution in [-0.4, -0.2) is 97.6 Å². The molecule has 13 heteroatoms. The van der Waals surface area contributed by atoms with E-state index in [0.717, 1.165) is 10.5 Å². The minimum atomic E-state index is -4.33. The van der Waals surface area contributed by atoms with Gasteiger partial charge in [0.05, 0.1) is 38.7 Å². The zero-order valence-corrected chi connectivity index (χ0v) is 25.9. The van der Waals surface area contributed by atoms with Crippen molar-refractivity contribution in [3.8, 4) is 22.6 Å². The van der Waals surface area contributed by atoms with Crippen LogP contribution in [0.25, 0.3) is 11.1 Å². The lowest BCUT2D eigenvalue weighted by atomic mass is 9.95. The molecule has 236 valence electrons. The number of carbonyl (C=O) groups is 3. The number of methoxy groups -OCH3 is 2. The van der Waals surface area contributed by atoms with Gasteiger partial charge in [0.2, 0.25) is 5.91 Å². The van der Waals surface area contributed by atoms with Crippen molar-refractivity contribution in [3.63, 3.8) is 0 Å². The third-order valence-electron chi connectivity index (χ3n) is 7.19. The molecule has 1 heterocycles. The van der Waals surface area contributed by atoms with E-state index in [2.05, 4.69) is 5.32 Å². The fourth-order valence-corrected chi connectivity index (χ4v) is 6.85. The molecule has 1 aliphatic heterocycles. The third kappa shape index (κ3) is 7.77. The first-order valence-corrected chi connectivity index (χ1v) is 15.5. The van der Waals surface area contributed by atoms with E-state index in [0.29, 0.717) is 22.6 Å². The van der Waals surface area contributed by atoms with Crippen molar-refractivity contribution >= 4 is 27.8 Å². The Labute approximate surface area is 251 Å². The molecule has 3 N–H and O–H groups in total. The van der Waals surface area contributed by atoms with Crippen LogP contribution in [-0.2, 0) is 30.6 Å². The first-order valence-electron chi connectivity index (χ1n) is 13.8. The van der Waals surface area contributed by atoms with Crippen molar-refractivity contribution in [1.29, 1.82) is 0 Å². The minimum Gasteiger partial charge on any atom is -0.496 e. The second kappa shape index (κ2) is 13.6. The summed E-state index contributed by atoms with van der Waals surface area (Å²) in [5.41, 5.74) is 1.18. The van der Waals surface area contributed by atoms with Crippen LogP contribution in [0.15, 0.2) is 42.5 Å². The molecule has 1 fully saturated rings. The van der Waals surface area contributed by atoms with Crippen LogP contribution in [0.2, 0.25) is 0 Å². The molecule has 0 aliphatic carbocycles. The molecule has 0 radical (unpaired) electrons. The number of likely N-dealkylation sites (tertiary alicyclic amines) is 1. The largest absolute Gasteiger partial charge is 0.496 e. The van der Waals surface area contributed by atoms with E-state index in [-0.39, 0.29) is 25.8 Å². The minimum absolute atomic E-state index is 0.143. The molecule has 1 saturated heterocycles. The van der Waals surface area contributed by atoms with E-state index in [1.165, 1.54) is 0 Å². The van der Waals surface area contributed by atoms with Gasteiger partial charge in [0, 0.05) is 13.0 Å². The maximum atomic E-state index is 13.7. The topological polar surface area (TPSA) is 169 Å². The summed E-state index contributed by atoms with van der Waals surface area (Å²) >= 11 is 0. The maximum absolute atomic E-state index is 13.7. The molecule has 2 aromatic carbocycles. The molecule has 3 rings (SSSR count). The lowest BCUT2D eigenvalue weighted by Gasteiger charge is -2.41. The fraction of sp³-hybridized carbons (Fsp3) is 0.500. The SMILES string of the molecule is COc1cccc(OC)c1-c1ccc(C[C@H](NC(=O)C2(S(=O)(=O)CCO)CCCN(C(=O)OC(C)(C)C)C2)C(=O)O)cc1. The van der Waals surface area contributed by atoms with Gasteiger partial charge in [-0.1, -0.05) is 30.3 Å². The number of aliphatic hydroxyl groups excluding tert-OH is 1. The fourth-order valence-electron chi connectivity index (χ4n) is 5.07. The normalized spacial score (nSPS) is 18.0. The molecule has 1 unspecified atom stereocenters. The monoisotopic (exact) mass is 620 g/mol. The van der Waals surface area contributed by atoms with Gasteiger partial charge >= 0.3 is 12.1 Å². The number of aliphatic carboxylic acids is 1. The number of nitrogens with zero attached hydrogens (tertiary/aromatic N) is 1. The molecule has 2 amide bonds.